The molecule has 2 N–H and O–H groups in total. The van der Waals surface area contributed by atoms with Crippen LogP contribution < -0.4 is 5.32 Å². The molecule has 3 saturated heterocycles. The van der Waals surface area contributed by atoms with Gasteiger partial charge in [0.05, 0.1) is 18.8 Å². The highest BCUT2D eigenvalue weighted by Crippen LogP contribution is 2.39. The minimum atomic E-state index is -0.514. The third-order valence-electron chi connectivity index (χ3n) is 7.70. The Bertz CT molecular complexity index is 1010. The van der Waals surface area contributed by atoms with E-state index in [-0.39, 0.29) is 24.7 Å². The predicted octanol–water partition coefficient (Wildman–Crippen LogP) is 4.24. The summed E-state index contributed by atoms with van der Waals surface area (Å²) in [6, 6.07) is 16.4. The van der Waals surface area contributed by atoms with Gasteiger partial charge in [0.1, 0.15) is 0 Å². The zero-order chi connectivity index (χ0) is 24.9. The zero-order valence-electron chi connectivity index (χ0n) is 21.3. The second-order valence-corrected chi connectivity index (χ2v) is 10.5. The van der Waals surface area contributed by atoms with Crippen molar-refractivity contribution in [2.24, 2.45) is 0 Å². The van der Waals surface area contributed by atoms with Crippen LogP contribution in [0.4, 0.5) is 5.69 Å². The summed E-state index contributed by atoms with van der Waals surface area (Å²) in [5, 5.41) is 12.3. The maximum absolute atomic E-state index is 11.6. The molecule has 3 fully saturated rings. The lowest BCUT2D eigenvalue weighted by atomic mass is 9.99. The number of nitrogens with zero attached hydrogens (tertiary/aromatic N) is 2. The predicted molar refractivity (Wildman–Crippen MR) is 139 cm³/mol. The molecular formula is C29H39N3O4. The second-order valence-electron chi connectivity index (χ2n) is 10.5. The first-order valence-electron chi connectivity index (χ1n) is 13.4. The topological polar surface area (TPSA) is 74.3 Å². The molecule has 7 heteroatoms. The first-order valence-corrected chi connectivity index (χ1v) is 13.4. The van der Waals surface area contributed by atoms with Crippen molar-refractivity contribution in [2.75, 3.05) is 38.0 Å². The molecule has 2 aromatic carbocycles. The van der Waals surface area contributed by atoms with Gasteiger partial charge in [-0.2, -0.15) is 0 Å². The summed E-state index contributed by atoms with van der Waals surface area (Å²) in [5.41, 5.74) is 3.63. The number of hydrogen-bond donors (Lipinski definition) is 2. The second kappa shape index (κ2) is 11.8. The van der Waals surface area contributed by atoms with E-state index in [9.17, 15) is 9.90 Å². The summed E-state index contributed by atoms with van der Waals surface area (Å²) in [5.74, 6) is -0.101. The van der Waals surface area contributed by atoms with Gasteiger partial charge in [-0.05, 0) is 68.6 Å². The van der Waals surface area contributed by atoms with E-state index in [0.717, 1.165) is 48.4 Å². The Morgan fingerprint density at radius 3 is 2.56 bits per heavy atom. The fraction of sp³-hybridized carbons (Fsp3) is 0.552. The zero-order valence-corrected chi connectivity index (χ0v) is 21.3. The van der Waals surface area contributed by atoms with Crippen LogP contribution in [-0.4, -0.2) is 65.7 Å². The van der Waals surface area contributed by atoms with Gasteiger partial charge in [-0.1, -0.05) is 36.4 Å². The molecule has 194 valence electrons. The van der Waals surface area contributed by atoms with Crippen LogP contribution in [0.15, 0.2) is 48.5 Å². The number of benzene rings is 2. The van der Waals surface area contributed by atoms with Gasteiger partial charge in [0.15, 0.2) is 6.29 Å². The normalized spacial score (nSPS) is 27.4. The number of aliphatic hydroxyl groups excluding tert-OH is 1. The summed E-state index contributed by atoms with van der Waals surface area (Å²) in [7, 11) is 0. The van der Waals surface area contributed by atoms with Crippen LogP contribution in [-0.2, 0) is 20.9 Å². The molecule has 36 heavy (non-hydrogen) atoms. The van der Waals surface area contributed by atoms with Crippen LogP contribution in [0.5, 0.6) is 0 Å². The largest absolute Gasteiger partial charge is 0.392 e. The SMILES string of the molecule is CC(=O)Nc1cccc([C@H]2O[C@@H](CN3CCC[C@H]3CN3CCCC3)C[C@@H](c3ccc(CO)cc3)O2)c1. The van der Waals surface area contributed by atoms with Crippen molar-refractivity contribution in [2.45, 2.75) is 70.2 Å². The molecule has 1 amide bonds. The van der Waals surface area contributed by atoms with Gasteiger partial charge in [-0.3, -0.25) is 9.69 Å². The molecule has 0 spiro atoms. The number of rotatable bonds is 8. The van der Waals surface area contributed by atoms with Gasteiger partial charge in [-0.15, -0.1) is 0 Å². The summed E-state index contributed by atoms with van der Waals surface area (Å²) in [6.45, 7) is 7.19. The summed E-state index contributed by atoms with van der Waals surface area (Å²) < 4.78 is 13.1. The Morgan fingerprint density at radius 2 is 1.81 bits per heavy atom. The Hall–Kier alpha value is -2.29. The highest BCUT2D eigenvalue weighted by Gasteiger charge is 2.36. The average Bonchev–Trinajstić information content (AvgIpc) is 3.56. The minimum Gasteiger partial charge on any atom is -0.392 e. The number of ether oxygens (including phenoxy) is 2. The van der Waals surface area contributed by atoms with Crippen molar-refractivity contribution in [3.63, 3.8) is 0 Å². The van der Waals surface area contributed by atoms with E-state index in [4.69, 9.17) is 9.47 Å². The van der Waals surface area contributed by atoms with E-state index in [1.807, 2.05) is 36.4 Å². The molecule has 3 aliphatic heterocycles. The first kappa shape index (κ1) is 25.4. The molecule has 4 atom stereocenters. The number of anilines is 1. The van der Waals surface area contributed by atoms with Gasteiger partial charge in [-0.25, -0.2) is 0 Å². The number of hydrogen-bond acceptors (Lipinski definition) is 6. The number of amides is 1. The quantitative estimate of drug-likeness (QED) is 0.573. The molecule has 0 aliphatic carbocycles. The fourth-order valence-corrected chi connectivity index (χ4v) is 5.87. The lowest BCUT2D eigenvalue weighted by Gasteiger charge is -2.39. The lowest BCUT2D eigenvalue weighted by Crippen LogP contribution is -2.45. The van der Waals surface area contributed by atoms with Gasteiger partial charge < -0.3 is 24.8 Å². The highest BCUT2D eigenvalue weighted by atomic mass is 16.7. The fourth-order valence-electron chi connectivity index (χ4n) is 5.87. The Morgan fingerprint density at radius 1 is 1.00 bits per heavy atom. The van der Waals surface area contributed by atoms with Crippen molar-refractivity contribution in [1.29, 1.82) is 0 Å². The molecule has 3 heterocycles. The summed E-state index contributed by atoms with van der Waals surface area (Å²) in [4.78, 5) is 16.8. The van der Waals surface area contributed by atoms with E-state index in [0.29, 0.717) is 6.04 Å². The molecule has 2 aromatic rings. The van der Waals surface area contributed by atoms with Gasteiger partial charge in [0.25, 0.3) is 0 Å². The van der Waals surface area contributed by atoms with Crippen LogP contribution in [0.2, 0.25) is 0 Å². The van der Waals surface area contributed by atoms with Crippen molar-refractivity contribution < 1.29 is 19.4 Å². The molecule has 3 aliphatic rings. The molecule has 0 radical (unpaired) electrons. The molecule has 0 unspecified atom stereocenters. The number of aliphatic hydroxyl groups is 1. The third-order valence-corrected chi connectivity index (χ3v) is 7.70. The maximum Gasteiger partial charge on any atom is 0.221 e. The summed E-state index contributed by atoms with van der Waals surface area (Å²) >= 11 is 0. The van der Waals surface area contributed by atoms with Crippen LogP contribution >= 0.6 is 0 Å². The number of carbonyl (C=O) groups is 1. The Balaban J connectivity index is 1.34. The first-order chi connectivity index (χ1) is 17.6. The Labute approximate surface area is 214 Å². The van der Waals surface area contributed by atoms with Crippen LogP contribution in [0.3, 0.4) is 0 Å². The minimum absolute atomic E-state index is 0.0312. The molecule has 5 rings (SSSR count). The number of likely N-dealkylation sites (tertiary alicyclic amines) is 2. The third kappa shape index (κ3) is 6.33. The van der Waals surface area contributed by atoms with Crippen LogP contribution in [0, 0.1) is 0 Å². The molecule has 0 aromatic heterocycles. The standard InChI is InChI=1S/C29H39N3O4/c1-21(34)30-25-7-4-6-24(16-25)29-35-27(17-28(36-29)23-11-9-22(20-33)10-12-23)19-32-15-5-8-26(32)18-31-13-2-3-14-31/h4,6-7,9-12,16,26-29,33H,2-3,5,8,13-15,17-20H2,1H3,(H,30,34)/t26-,27+,28-,29-/m0/s1. The van der Waals surface area contributed by atoms with Gasteiger partial charge in [0.2, 0.25) is 5.91 Å². The van der Waals surface area contributed by atoms with Crippen LogP contribution in [0.25, 0.3) is 0 Å². The molecule has 0 bridgehead atoms. The molecule has 7 nitrogen and oxygen atoms in total. The Kier molecular flexibility index (Phi) is 8.34. The van der Waals surface area contributed by atoms with Crippen LogP contribution in [0.1, 0.15) is 68.1 Å². The van der Waals surface area contributed by atoms with Crippen molar-refractivity contribution in [3.05, 3.63) is 65.2 Å². The lowest BCUT2D eigenvalue weighted by molar-refractivity contribution is -0.253. The van der Waals surface area contributed by atoms with Crippen molar-refractivity contribution in [3.8, 4) is 0 Å². The van der Waals surface area contributed by atoms with E-state index >= 15 is 0 Å². The van der Waals surface area contributed by atoms with E-state index in [2.05, 4.69) is 27.2 Å². The maximum atomic E-state index is 11.6. The molecule has 0 saturated carbocycles. The smallest absolute Gasteiger partial charge is 0.221 e. The monoisotopic (exact) mass is 493 g/mol. The van der Waals surface area contributed by atoms with Crippen molar-refractivity contribution in [1.82, 2.24) is 9.80 Å². The van der Waals surface area contributed by atoms with Crippen molar-refractivity contribution >= 4 is 11.6 Å². The van der Waals surface area contributed by atoms with E-state index < -0.39 is 6.29 Å². The van der Waals surface area contributed by atoms with E-state index in [1.54, 1.807) is 0 Å². The highest BCUT2D eigenvalue weighted by molar-refractivity contribution is 5.88. The van der Waals surface area contributed by atoms with Gasteiger partial charge >= 0.3 is 0 Å². The number of nitrogens with one attached hydrogen (secondary N) is 1. The number of carbonyl (C=O) groups excluding carboxylic acids is 1. The summed E-state index contributed by atoms with van der Waals surface area (Å²) in [6.07, 6.45) is 5.36. The average molecular weight is 494 g/mol. The van der Waals surface area contributed by atoms with E-state index in [1.165, 1.54) is 45.7 Å². The molecular weight excluding hydrogens is 454 g/mol. The van der Waals surface area contributed by atoms with Gasteiger partial charge in [0, 0.05) is 43.7 Å².